The molecule has 100 valence electrons. The summed E-state index contributed by atoms with van der Waals surface area (Å²) < 4.78 is 26.2. The molecule has 1 unspecified atom stereocenters. The predicted molar refractivity (Wildman–Crippen MR) is 70.7 cm³/mol. The third-order valence-electron chi connectivity index (χ3n) is 3.04. The van der Waals surface area contributed by atoms with E-state index in [0.717, 1.165) is 23.0 Å². The second-order valence-corrected chi connectivity index (χ2v) is 4.72. The van der Waals surface area contributed by atoms with Crippen LogP contribution in [0.3, 0.4) is 0 Å². The second kappa shape index (κ2) is 5.45. The molecule has 0 amide bonds. The van der Waals surface area contributed by atoms with Crippen LogP contribution >= 0.6 is 0 Å². The van der Waals surface area contributed by atoms with E-state index in [0.29, 0.717) is 12.0 Å². The summed E-state index contributed by atoms with van der Waals surface area (Å²) in [5.41, 5.74) is 9.31. The topological polar surface area (TPSA) is 38.9 Å². The second-order valence-electron chi connectivity index (χ2n) is 4.72. The van der Waals surface area contributed by atoms with E-state index in [1.807, 2.05) is 26.0 Å². The van der Waals surface area contributed by atoms with Crippen LogP contribution in [0.2, 0.25) is 0 Å². The van der Waals surface area contributed by atoms with E-state index in [9.17, 15) is 8.78 Å². The Kier molecular flexibility index (Phi) is 3.90. The maximum Gasteiger partial charge on any atom is 0.126 e. The lowest BCUT2D eigenvalue weighted by Crippen LogP contribution is -2.15. The molecule has 19 heavy (non-hydrogen) atoms. The molecular formula is C15H16F2N2. The molecule has 0 bridgehead atoms. The zero-order chi connectivity index (χ0) is 14.0. The number of halogens is 2. The molecule has 0 aliphatic heterocycles. The highest BCUT2D eigenvalue weighted by Gasteiger charge is 2.12. The summed E-state index contributed by atoms with van der Waals surface area (Å²) in [6, 6.07) is 6.94. The van der Waals surface area contributed by atoms with Crippen molar-refractivity contribution in [3.05, 3.63) is 64.5 Å². The SMILES string of the molecule is Cc1ccc(C(N)Cc2cc(F)cc(F)c2)c(C)n1. The number of nitrogens with two attached hydrogens (primary N) is 1. The van der Waals surface area contributed by atoms with E-state index in [1.165, 1.54) is 12.1 Å². The minimum Gasteiger partial charge on any atom is -0.324 e. The molecule has 2 N–H and O–H groups in total. The molecule has 0 fully saturated rings. The lowest BCUT2D eigenvalue weighted by molar-refractivity contribution is 0.576. The molecule has 0 aliphatic carbocycles. The average Bonchev–Trinajstić information content (AvgIpc) is 2.26. The van der Waals surface area contributed by atoms with Gasteiger partial charge in [0, 0.05) is 23.5 Å². The molecule has 1 aromatic heterocycles. The number of hydrogen-bond donors (Lipinski definition) is 1. The van der Waals surface area contributed by atoms with Crippen LogP contribution in [0.4, 0.5) is 8.78 Å². The maximum atomic E-state index is 13.1. The fraction of sp³-hybridized carbons (Fsp3) is 0.267. The highest BCUT2D eigenvalue weighted by molar-refractivity contribution is 5.28. The molecule has 4 heteroatoms. The van der Waals surface area contributed by atoms with Gasteiger partial charge in [0.1, 0.15) is 11.6 Å². The van der Waals surface area contributed by atoms with Gasteiger partial charge in [-0.15, -0.1) is 0 Å². The maximum absolute atomic E-state index is 13.1. The Hall–Kier alpha value is -1.81. The van der Waals surface area contributed by atoms with Crippen molar-refractivity contribution in [2.45, 2.75) is 26.3 Å². The number of hydrogen-bond acceptors (Lipinski definition) is 2. The Morgan fingerprint density at radius 3 is 2.32 bits per heavy atom. The molecule has 1 heterocycles. The Morgan fingerprint density at radius 1 is 1.11 bits per heavy atom. The fourth-order valence-electron chi connectivity index (χ4n) is 2.18. The normalized spacial score (nSPS) is 12.5. The molecule has 2 rings (SSSR count). The van der Waals surface area contributed by atoms with Gasteiger partial charge in [-0.2, -0.15) is 0 Å². The average molecular weight is 262 g/mol. The van der Waals surface area contributed by atoms with E-state index >= 15 is 0 Å². The monoisotopic (exact) mass is 262 g/mol. The largest absolute Gasteiger partial charge is 0.324 e. The Labute approximate surface area is 111 Å². The van der Waals surface area contributed by atoms with Gasteiger partial charge in [0.25, 0.3) is 0 Å². The molecule has 0 radical (unpaired) electrons. The molecule has 0 spiro atoms. The van der Waals surface area contributed by atoms with Crippen molar-refractivity contribution in [3.63, 3.8) is 0 Å². The van der Waals surface area contributed by atoms with Crippen molar-refractivity contribution in [1.82, 2.24) is 4.98 Å². The number of aromatic nitrogens is 1. The minimum absolute atomic E-state index is 0.325. The first-order valence-electron chi connectivity index (χ1n) is 6.10. The molecule has 2 aromatic rings. The Balaban J connectivity index is 2.22. The van der Waals surface area contributed by atoms with Crippen LogP contribution in [-0.2, 0) is 6.42 Å². The van der Waals surface area contributed by atoms with Gasteiger partial charge in [0.15, 0.2) is 0 Å². The number of benzene rings is 1. The molecule has 0 saturated carbocycles. The Morgan fingerprint density at radius 2 is 1.74 bits per heavy atom. The van der Waals surface area contributed by atoms with E-state index < -0.39 is 11.6 Å². The highest BCUT2D eigenvalue weighted by Crippen LogP contribution is 2.20. The first-order valence-corrected chi connectivity index (χ1v) is 6.10. The third kappa shape index (κ3) is 3.35. The van der Waals surface area contributed by atoms with E-state index in [1.54, 1.807) is 0 Å². The summed E-state index contributed by atoms with van der Waals surface area (Å²) >= 11 is 0. The lowest BCUT2D eigenvalue weighted by atomic mass is 9.98. The van der Waals surface area contributed by atoms with Crippen molar-refractivity contribution in [1.29, 1.82) is 0 Å². The zero-order valence-electron chi connectivity index (χ0n) is 11.0. The summed E-state index contributed by atoms with van der Waals surface area (Å²) in [7, 11) is 0. The molecular weight excluding hydrogens is 246 g/mol. The molecule has 0 saturated heterocycles. The van der Waals surface area contributed by atoms with Crippen LogP contribution in [-0.4, -0.2) is 4.98 Å². The number of aryl methyl sites for hydroxylation is 2. The number of nitrogens with zero attached hydrogens (tertiary/aromatic N) is 1. The van der Waals surface area contributed by atoms with Crippen LogP contribution in [0.15, 0.2) is 30.3 Å². The number of rotatable bonds is 3. The smallest absolute Gasteiger partial charge is 0.126 e. The fourth-order valence-corrected chi connectivity index (χ4v) is 2.18. The van der Waals surface area contributed by atoms with Crippen molar-refractivity contribution in [2.75, 3.05) is 0 Å². The zero-order valence-corrected chi connectivity index (χ0v) is 11.0. The van der Waals surface area contributed by atoms with E-state index in [2.05, 4.69) is 4.98 Å². The van der Waals surface area contributed by atoms with Crippen LogP contribution in [0.5, 0.6) is 0 Å². The third-order valence-corrected chi connectivity index (χ3v) is 3.04. The van der Waals surface area contributed by atoms with Gasteiger partial charge in [-0.05, 0) is 49.6 Å². The number of pyridine rings is 1. The molecule has 1 atom stereocenters. The van der Waals surface area contributed by atoms with Crippen molar-refractivity contribution < 1.29 is 8.78 Å². The van der Waals surface area contributed by atoms with Crippen molar-refractivity contribution in [2.24, 2.45) is 5.73 Å². The first-order chi connectivity index (χ1) is 8.95. The standard InChI is InChI=1S/C15H16F2N2/c1-9-3-4-14(10(2)19-9)15(18)7-11-5-12(16)8-13(17)6-11/h3-6,8,15H,7,18H2,1-2H3. The van der Waals surface area contributed by atoms with Gasteiger partial charge in [-0.25, -0.2) is 8.78 Å². The van der Waals surface area contributed by atoms with Gasteiger partial charge in [0.05, 0.1) is 0 Å². The summed E-state index contributed by atoms with van der Waals surface area (Å²) in [6.45, 7) is 3.79. The van der Waals surface area contributed by atoms with E-state index in [4.69, 9.17) is 5.73 Å². The lowest BCUT2D eigenvalue weighted by Gasteiger charge is -2.15. The van der Waals surface area contributed by atoms with Crippen LogP contribution in [0, 0.1) is 25.5 Å². The summed E-state index contributed by atoms with van der Waals surface area (Å²) in [6.07, 6.45) is 0.375. The summed E-state index contributed by atoms with van der Waals surface area (Å²) in [5.74, 6) is -1.16. The molecule has 1 aromatic carbocycles. The summed E-state index contributed by atoms with van der Waals surface area (Å²) in [4.78, 5) is 4.34. The minimum atomic E-state index is -0.582. The Bertz CT molecular complexity index is 576. The van der Waals surface area contributed by atoms with Gasteiger partial charge < -0.3 is 5.73 Å². The van der Waals surface area contributed by atoms with Gasteiger partial charge in [0.2, 0.25) is 0 Å². The molecule has 0 aliphatic rings. The van der Waals surface area contributed by atoms with Crippen molar-refractivity contribution >= 4 is 0 Å². The van der Waals surface area contributed by atoms with E-state index in [-0.39, 0.29) is 6.04 Å². The van der Waals surface area contributed by atoms with Crippen LogP contribution < -0.4 is 5.73 Å². The van der Waals surface area contributed by atoms with Gasteiger partial charge in [-0.3, -0.25) is 4.98 Å². The van der Waals surface area contributed by atoms with Crippen LogP contribution in [0.1, 0.15) is 28.6 Å². The quantitative estimate of drug-likeness (QED) is 0.922. The summed E-state index contributed by atoms with van der Waals surface area (Å²) in [5, 5.41) is 0. The van der Waals surface area contributed by atoms with Crippen LogP contribution in [0.25, 0.3) is 0 Å². The molecule has 2 nitrogen and oxygen atoms in total. The highest BCUT2D eigenvalue weighted by atomic mass is 19.1. The van der Waals surface area contributed by atoms with Crippen molar-refractivity contribution in [3.8, 4) is 0 Å². The predicted octanol–water partition coefficient (Wildman–Crippen LogP) is 3.22. The van der Waals surface area contributed by atoms with Gasteiger partial charge in [-0.1, -0.05) is 6.07 Å². The van der Waals surface area contributed by atoms with Gasteiger partial charge >= 0.3 is 0 Å². The first kappa shape index (κ1) is 13.6.